The molecule has 2 saturated carbocycles. The second-order valence-electron chi connectivity index (χ2n) is 8.09. The second kappa shape index (κ2) is 8.53. The van der Waals surface area contributed by atoms with Gasteiger partial charge in [0.1, 0.15) is 5.82 Å². The van der Waals surface area contributed by atoms with E-state index in [2.05, 4.69) is 20.1 Å². The van der Waals surface area contributed by atoms with Crippen molar-refractivity contribution in [1.29, 1.82) is 0 Å². The molecule has 1 amide bonds. The van der Waals surface area contributed by atoms with Gasteiger partial charge in [-0.25, -0.2) is 8.42 Å². The van der Waals surface area contributed by atoms with Gasteiger partial charge in [-0.1, -0.05) is 11.8 Å². The summed E-state index contributed by atoms with van der Waals surface area (Å²) in [7, 11) is -3.54. The Morgan fingerprint density at radius 3 is 2.45 bits per heavy atom. The summed E-state index contributed by atoms with van der Waals surface area (Å²) in [5.74, 6) is 1.67. The number of benzene rings is 1. The molecule has 5 rings (SSSR count). The first-order chi connectivity index (χ1) is 15.0. The number of thioether (sulfide) groups is 1. The van der Waals surface area contributed by atoms with Gasteiger partial charge in [0, 0.05) is 30.7 Å². The highest BCUT2D eigenvalue weighted by Gasteiger charge is 2.36. The number of carbonyl (C=O) groups excluding carboxylic acids is 1. The molecule has 1 aliphatic heterocycles. The third kappa shape index (κ3) is 4.64. The number of sulfonamides is 1. The lowest BCUT2D eigenvalue weighted by Gasteiger charge is -2.26. The van der Waals surface area contributed by atoms with Crippen molar-refractivity contribution in [2.45, 2.75) is 47.7 Å². The number of hydrogen-bond acceptors (Lipinski definition) is 7. The highest BCUT2D eigenvalue weighted by atomic mass is 32.2. The predicted octanol–water partition coefficient (Wildman–Crippen LogP) is 2.24. The van der Waals surface area contributed by atoms with E-state index in [-0.39, 0.29) is 16.6 Å². The summed E-state index contributed by atoms with van der Waals surface area (Å²) in [6.45, 7) is 1.52. The van der Waals surface area contributed by atoms with Crippen LogP contribution in [0, 0.1) is 0 Å². The Balaban J connectivity index is 1.19. The standard InChI is InChI=1S/C20H25N5O4S2/c26-18(13-30-20-23-22-19(14-1-2-14)25(20)16-5-6-16)21-15-3-7-17(8-4-15)31(27,28)24-9-11-29-12-10-24/h3-4,7-8,14,16H,1-2,5-6,9-13H2,(H,21,26). The number of anilines is 1. The average molecular weight is 464 g/mol. The molecule has 0 atom stereocenters. The molecule has 0 unspecified atom stereocenters. The number of hydrogen-bond donors (Lipinski definition) is 1. The lowest BCUT2D eigenvalue weighted by atomic mass is 10.3. The number of nitrogens with one attached hydrogen (secondary N) is 1. The number of nitrogens with zero attached hydrogens (tertiary/aromatic N) is 4. The Morgan fingerprint density at radius 2 is 1.81 bits per heavy atom. The SMILES string of the molecule is O=C(CSc1nnc(C2CC2)n1C1CC1)Nc1ccc(S(=O)(=O)N2CCOCC2)cc1. The first kappa shape index (κ1) is 20.9. The number of morpholine rings is 1. The monoisotopic (exact) mass is 463 g/mol. The van der Waals surface area contributed by atoms with E-state index < -0.39 is 10.0 Å². The van der Waals surface area contributed by atoms with E-state index in [0.29, 0.717) is 44.0 Å². The van der Waals surface area contributed by atoms with Crippen LogP contribution >= 0.6 is 11.8 Å². The van der Waals surface area contributed by atoms with E-state index in [1.807, 2.05) is 0 Å². The largest absolute Gasteiger partial charge is 0.379 e. The van der Waals surface area contributed by atoms with E-state index in [4.69, 9.17) is 4.74 Å². The highest BCUT2D eigenvalue weighted by molar-refractivity contribution is 7.99. The third-order valence-corrected chi connectivity index (χ3v) is 8.48. The first-order valence-corrected chi connectivity index (χ1v) is 13.0. The number of aromatic nitrogens is 3. The average Bonchev–Trinajstić information content (AvgIpc) is 3.72. The molecule has 2 aromatic rings. The lowest BCUT2D eigenvalue weighted by Crippen LogP contribution is -2.40. The van der Waals surface area contributed by atoms with Crippen molar-refractivity contribution in [2.24, 2.45) is 0 Å². The number of ether oxygens (including phenoxy) is 1. The molecule has 1 aromatic carbocycles. The zero-order valence-corrected chi connectivity index (χ0v) is 18.7. The van der Waals surface area contributed by atoms with Crippen molar-refractivity contribution < 1.29 is 17.9 Å². The fourth-order valence-electron chi connectivity index (χ4n) is 3.66. The Bertz CT molecular complexity index is 1060. The summed E-state index contributed by atoms with van der Waals surface area (Å²) in [6.07, 6.45) is 4.65. The summed E-state index contributed by atoms with van der Waals surface area (Å²) in [6, 6.07) is 6.78. The summed E-state index contributed by atoms with van der Waals surface area (Å²) >= 11 is 1.40. The molecular formula is C20H25N5O4S2. The molecule has 0 spiro atoms. The van der Waals surface area contributed by atoms with Gasteiger partial charge in [-0.2, -0.15) is 4.31 Å². The molecule has 9 nitrogen and oxygen atoms in total. The Morgan fingerprint density at radius 1 is 1.10 bits per heavy atom. The van der Waals surface area contributed by atoms with Gasteiger partial charge in [0.05, 0.1) is 23.9 Å². The van der Waals surface area contributed by atoms with E-state index in [1.54, 1.807) is 12.1 Å². The fourth-order valence-corrected chi connectivity index (χ4v) is 5.88. The van der Waals surface area contributed by atoms with Gasteiger partial charge in [-0.15, -0.1) is 10.2 Å². The fraction of sp³-hybridized carbons (Fsp3) is 0.550. The molecule has 0 radical (unpaired) electrons. The van der Waals surface area contributed by atoms with Crippen LogP contribution in [0.5, 0.6) is 0 Å². The summed E-state index contributed by atoms with van der Waals surface area (Å²) < 4.78 is 34.3. The van der Waals surface area contributed by atoms with Gasteiger partial charge in [-0.05, 0) is 49.9 Å². The molecule has 1 N–H and O–H groups in total. The quantitative estimate of drug-likeness (QED) is 0.599. The van der Waals surface area contributed by atoms with Crippen LogP contribution in [0.15, 0.2) is 34.3 Å². The summed E-state index contributed by atoms with van der Waals surface area (Å²) in [5, 5.41) is 12.3. The highest BCUT2D eigenvalue weighted by Crippen LogP contribution is 2.46. The Labute approximate surface area is 185 Å². The number of carbonyl (C=O) groups is 1. The van der Waals surface area contributed by atoms with E-state index >= 15 is 0 Å². The van der Waals surface area contributed by atoms with Gasteiger partial charge < -0.3 is 14.6 Å². The molecule has 31 heavy (non-hydrogen) atoms. The number of amides is 1. The summed E-state index contributed by atoms with van der Waals surface area (Å²) in [4.78, 5) is 12.6. The van der Waals surface area contributed by atoms with Gasteiger partial charge >= 0.3 is 0 Å². The predicted molar refractivity (Wildman–Crippen MR) is 116 cm³/mol. The second-order valence-corrected chi connectivity index (χ2v) is 11.0. The van der Waals surface area contributed by atoms with Crippen LogP contribution < -0.4 is 5.32 Å². The number of rotatable bonds is 8. The van der Waals surface area contributed by atoms with Crippen molar-refractivity contribution >= 4 is 33.4 Å². The molecule has 166 valence electrons. The van der Waals surface area contributed by atoms with Crippen LogP contribution in [0.3, 0.4) is 0 Å². The topological polar surface area (TPSA) is 106 Å². The van der Waals surface area contributed by atoms with Crippen molar-refractivity contribution in [1.82, 2.24) is 19.1 Å². The van der Waals surface area contributed by atoms with Gasteiger partial charge in [-0.3, -0.25) is 4.79 Å². The third-order valence-electron chi connectivity index (χ3n) is 5.62. The molecule has 2 heterocycles. The van der Waals surface area contributed by atoms with E-state index in [1.165, 1.54) is 41.0 Å². The van der Waals surface area contributed by atoms with Crippen LogP contribution in [0.2, 0.25) is 0 Å². The summed E-state index contributed by atoms with van der Waals surface area (Å²) in [5.41, 5.74) is 0.564. The smallest absolute Gasteiger partial charge is 0.243 e. The van der Waals surface area contributed by atoms with E-state index in [0.717, 1.165) is 23.8 Å². The normalized spacial score (nSPS) is 20.0. The minimum absolute atomic E-state index is 0.160. The zero-order chi connectivity index (χ0) is 21.4. The van der Waals surface area contributed by atoms with Gasteiger partial charge in [0.25, 0.3) is 0 Å². The first-order valence-electron chi connectivity index (χ1n) is 10.6. The molecule has 1 aromatic heterocycles. The maximum Gasteiger partial charge on any atom is 0.243 e. The van der Waals surface area contributed by atoms with Crippen LogP contribution in [0.25, 0.3) is 0 Å². The van der Waals surface area contributed by atoms with Crippen molar-refractivity contribution in [3.8, 4) is 0 Å². The lowest BCUT2D eigenvalue weighted by molar-refractivity contribution is -0.113. The van der Waals surface area contributed by atoms with Crippen LogP contribution in [-0.4, -0.2) is 65.5 Å². The van der Waals surface area contributed by atoms with Crippen molar-refractivity contribution in [3.63, 3.8) is 0 Å². The van der Waals surface area contributed by atoms with Crippen LogP contribution in [-0.2, 0) is 19.6 Å². The Hall–Kier alpha value is -1.95. The molecule has 3 fully saturated rings. The molecule has 0 bridgehead atoms. The maximum absolute atomic E-state index is 12.7. The Kier molecular flexibility index (Phi) is 5.76. The zero-order valence-electron chi connectivity index (χ0n) is 17.1. The molecule has 3 aliphatic rings. The van der Waals surface area contributed by atoms with Gasteiger partial charge in [0.2, 0.25) is 15.9 Å². The van der Waals surface area contributed by atoms with Crippen LogP contribution in [0.4, 0.5) is 5.69 Å². The molecular weight excluding hydrogens is 438 g/mol. The minimum Gasteiger partial charge on any atom is -0.379 e. The van der Waals surface area contributed by atoms with Crippen LogP contribution in [0.1, 0.15) is 43.5 Å². The van der Waals surface area contributed by atoms with E-state index in [9.17, 15) is 13.2 Å². The molecule has 11 heteroatoms. The van der Waals surface area contributed by atoms with Crippen molar-refractivity contribution in [2.75, 3.05) is 37.4 Å². The minimum atomic E-state index is -3.54. The van der Waals surface area contributed by atoms with Crippen molar-refractivity contribution in [3.05, 3.63) is 30.1 Å². The maximum atomic E-state index is 12.7. The van der Waals surface area contributed by atoms with Gasteiger partial charge in [0.15, 0.2) is 5.16 Å². The molecule has 1 saturated heterocycles. The molecule has 2 aliphatic carbocycles.